The van der Waals surface area contributed by atoms with Gasteiger partial charge in [0.15, 0.2) is 0 Å². The molecule has 1 amide bonds. The summed E-state index contributed by atoms with van der Waals surface area (Å²) >= 11 is 3.50. The summed E-state index contributed by atoms with van der Waals surface area (Å²) in [4.78, 5) is 18.9. The van der Waals surface area contributed by atoms with Crippen molar-refractivity contribution in [2.75, 3.05) is 29.5 Å². The molecule has 0 aliphatic carbocycles. The number of hydrogen-bond donors (Lipinski definition) is 0. The molecule has 0 N–H and O–H groups in total. The zero-order valence-electron chi connectivity index (χ0n) is 15.1. The molecule has 0 fully saturated rings. The lowest BCUT2D eigenvalue weighted by Crippen LogP contribution is -2.34. The van der Waals surface area contributed by atoms with E-state index in [1.165, 1.54) is 0 Å². The van der Waals surface area contributed by atoms with Crippen molar-refractivity contribution in [1.29, 1.82) is 0 Å². The van der Waals surface area contributed by atoms with Crippen LogP contribution in [0, 0.1) is 0 Å². The zero-order valence-corrected chi connectivity index (χ0v) is 17.5. The van der Waals surface area contributed by atoms with Crippen LogP contribution in [0.1, 0.15) is 24.5 Å². The van der Waals surface area contributed by atoms with E-state index in [0.29, 0.717) is 13.0 Å². The molecule has 0 aromatic heterocycles. The molecule has 0 radical (unpaired) electrons. The lowest BCUT2D eigenvalue weighted by molar-refractivity contribution is -0.117. The SMILES string of the molecule is CCS(=O)(=O)CCCN1C(=O)CN=C(c2ccccc2)c2cc(Br)ccc21. The predicted octanol–water partition coefficient (Wildman–Crippen LogP) is 3.46. The van der Waals surface area contributed by atoms with Crippen LogP contribution in [0.5, 0.6) is 0 Å². The van der Waals surface area contributed by atoms with Crippen molar-refractivity contribution in [2.45, 2.75) is 13.3 Å². The summed E-state index contributed by atoms with van der Waals surface area (Å²) in [5.74, 6) is 0.0653. The van der Waals surface area contributed by atoms with E-state index in [9.17, 15) is 13.2 Å². The molecule has 0 saturated heterocycles. The third kappa shape index (κ3) is 4.65. The highest BCUT2D eigenvalue weighted by atomic mass is 79.9. The van der Waals surface area contributed by atoms with Crippen LogP contribution in [0.2, 0.25) is 0 Å². The van der Waals surface area contributed by atoms with Crippen LogP contribution in [0.4, 0.5) is 5.69 Å². The summed E-state index contributed by atoms with van der Waals surface area (Å²) in [6.45, 7) is 2.03. The van der Waals surface area contributed by atoms with E-state index in [4.69, 9.17) is 0 Å². The topological polar surface area (TPSA) is 66.8 Å². The lowest BCUT2D eigenvalue weighted by Gasteiger charge is -2.23. The molecule has 142 valence electrons. The highest BCUT2D eigenvalue weighted by Crippen LogP contribution is 2.30. The molecule has 1 aliphatic rings. The number of aliphatic imine (C=N–C) groups is 1. The predicted molar refractivity (Wildman–Crippen MR) is 112 cm³/mol. The van der Waals surface area contributed by atoms with Crippen molar-refractivity contribution in [1.82, 2.24) is 0 Å². The molecule has 5 nitrogen and oxygen atoms in total. The van der Waals surface area contributed by atoms with Gasteiger partial charge in [0.1, 0.15) is 16.4 Å². The maximum Gasteiger partial charge on any atom is 0.248 e. The van der Waals surface area contributed by atoms with Gasteiger partial charge < -0.3 is 4.90 Å². The van der Waals surface area contributed by atoms with Crippen molar-refractivity contribution in [3.63, 3.8) is 0 Å². The second-order valence-electron chi connectivity index (χ2n) is 6.33. The van der Waals surface area contributed by atoms with Gasteiger partial charge in [0, 0.05) is 27.9 Å². The average molecular weight is 449 g/mol. The fourth-order valence-corrected chi connectivity index (χ4v) is 4.28. The first-order chi connectivity index (χ1) is 12.9. The minimum absolute atomic E-state index is 0.0387. The van der Waals surface area contributed by atoms with Gasteiger partial charge in [0.25, 0.3) is 0 Å². The van der Waals surface area contributed by atoms with Crippen molar-refractivity contribution in [2.24, 2.45) is 4.99 Å². The van der Waals surface area contributed by atoms with E-state index in [2.05, 4.69) is 20.9 Å². The van der Waals surface area contributed by atoms with Gasteiger partial charge in [-0.2, -0.15) is 0 Å². The number of benzene rings is 2. The first-order valence-electron chi connectivity index (χ1n) is 8.82. The van der Waals surface area contributed by atoms with E-state index in [1.54, 1.807) is 11.8 Å². The third-order valence-electron chi connectivity index (χ3n) is 4.50. The molecular weight excluding hydrogens is 428 g/mol. The Labute approximate surface area is 168 Å². The largest absolute Gasteiger partial charge is 0.310 e. The molecule has 0 spiro atoms. The van der Waals surface area contributed by atoms with E-state index in [0.717, 1.165) is 27.0 Å². The van der Waals surface area contributed by atoms with Crippen LogP contribution in [-0.4, -0.2) is 44.6 Å². The summed E-state index contributed by atoms with van der Waals surface area (Å²) in [6, 6.07) is 15.5. The number of fused-ring (bicyclic) bond motifs is 1. The summed E-state index contributed by atoms with van der Waals surface area (Å²) in [5, 5.41) is 0. The van der Waals surface area contributed by atoms with Crippen molar-refractivity contribution >= 4 is 43.1 Å². The first-order valence-corrected chi connectivity index (χ1v) is 11.4. The van der Waals surface area contributed by atoms with Gasteiger partial charge in [-0.3, -0.25) is 9.79 Å². The van der Waals surface area contributed by atoms with Crippen molar-refractivity contribution in [3.05, 3.63) is 64.1 Å². The number of carbonyl (C=O) groups is 1. The van der Waals surface area contributed by atoms with Crippen LogP contribution in [-0.2, 0) is 14.6 Å². The molecule has 7 heteroatoms. The molecule has 0 saturated carbocycles. The van der Waals surface area contributed by atoms with Crippen LogP contribution in [0.25, 0.3) is 0 Å². The summed E-state index contributed by atoms with van der Waals surface area (Å²) in [5.41, 5.74) is 3.33. The van der Waals surface area contributed by atoms with Crippen LogP contribution < -0.4 is 4.90 Å². The van der Waals surface area contributed by atoms with Gasteiger partial charge >= 0.3 is 0 Å². The fourth-order valence-electron chi connectivity index (χ4n) is 3.06. The highest BCUT2D eigenvalue weighted by Gasteiger charge is 2.25. The maximum atomic E-state index is 12.7. The summed E-state index contributed by atoms with van der Waals surface area (Å²) in [6.07, 6.45) is 0.401. The van der Waals surface area contributed by atoms with Crippen molar-refractivity contribution < 1.29 is 13.2 Å². The summed E-state index contributed by atoms with van der Waals surface area (Å²) in [7, 11) is -3.06. The number of amides is 1. The van der Waals surface area contributed by atoms with Gasteiger partial charge in [-0.15, -0.1) is 0 Å². The van der Waals surface area contributed by atoms with E-state index < -0.39 is 9.84 Å². The molecule has 1 heterocycles. The van der Waals surface area contributed by atoms with Gasteiger partial charge in [0.2, 0.25) is 5.91 Å². The Morgan fingerprint density at radius 2 is 1.89 bits per heavy atom. The number of benzodiazepines with no additional fused rings is 1. The van der Waals surface area contributed by atoms with Crippen LogP contribution >= 0.6 is 15.9 Å². The number of halogens is 1. The van der Waals surface area contributed by atoms with E-state index in [1.807, 2.05) is 48.5 Å². The molecule has 0 unspecified atom stereocenters. The highest BCUT2D eigenvalue weighted by molar-refractivity contribution is 9.10. The van der Waals surface area contributed by atoms with Gasteiger partial charge in [-0.25, -0.2) is 8.42 Å². The second-order valence-corrected chi connectivity index (χ2v) is 9.72. The smallest absolute Gasteiger partial charge is 0.248 e. The van der Waals surface area contributed by atoms with Gasteiger partial charge in [-0.05, 0) is 24.6 Å². The third-order valence-corrected chi connectivity index (χ3v) is 6.79. The Kier molecular flexibility index (Phi) is 6.11. The van der Waals surface area contributed by atoms with Gasteiger partial charge in [0.05, 0.1) is 17.2 Å². The van der Waals surface area contributed by atoms with Crippen LogP contribution in [0.15, 0.2) is 58.0 Å². The average Bonchev–Trinajstić information content (AvgIpc) is 2.79. The molecule has 0 bridgehead atoms. The molecule has 3 rings (SSSR count). The Hall–Kier alpha value is -1.99. The minimum Gasteiger partial charge on any atom is -0.310 e. The molecule has 2 aromatic rings. The molecule has 1 aliphatic heterocycles. The van der Waals surface area contributed by atoms with Crippen molar-refractivity contribution in [3.8, 4) is 0 Å². The fraction of sp³-hybridized carbons (Fsp3) is 0.300. The molecule has 0 atom stereocenters. The number of rotatable bonds is 6. The Bertz CT molecular complexity index is 972. The number of nitrogens with zero attached hydrogens (tertiary/aromatic N) is 2. The number of hydrogen-bond acceptors (Lipinski definition) is 4. The zero-order chi connectivity index (χ0) is 19.4. The number of carbonyl (C=O) groups excluding carboxylic acids is 1. The lowest BCUT2D eigenvalue weighted by atomic mass is 10.0. The normalized spacial score (nSPS) is 14.5. The molecule has 27 heavy (non-hydrogen) atoms. The molecule has 2 aromatic carbocycles. The standard InChI is InChI=1S/C20H21BrN2O3S/c1-2-27(25,26)12-6-11-23-18-10-9-16(21)13-17(18)20(22-14-19(23)24)15-7-4-3-5-8-15/h3-5,7-10,13H,2,6,11-12,14H2,1H3. The number of sulfone groups is 1. The summed E-state index contributed by atoms with van der Waals surface area (Å²) < 4.78 is 24.5. The first kappa shape index (κ1) is 19.8. The Morgan fingerprint density at radius 3 is 2.59 bits per heavy atom. The van der Waals surface area contributed by atoms with Gasteiger partial charge in [-0.1, -0.05) is 53.2 Å². The molecular formula is C20H21BrN2O3S. The second kappa shape index (κ2) is 8.35. The quantitative estimate of drug-likeness (QED) is 0.679. The minimum atomic E-state index is -3.06. The number of anilines is 1. The Balaban J connectivity index is 1.96. The van der Waals surface area contributed by atoms with E-state index in [-0.39, 0.29) is 24.0 Å². The van der Waals surface area contributed by atoms with E-state index >= 15 is 0 Å². The monoisotopic (exact) mass is 448 g/mol. The maximum absolute atomic E-state index is 12.7. The van der Waals surface area contributed by atoms with Crippen LogP contribution in [0.3, 0.4) is 0 Å². The Morgan fingerprint density at radius 1 is 1.15 bits per heavy atom.